The summed E-state index contributed by atoms with van der Waals surface area (Å²) in [7, 11) is 0. The smallest absolute Gasteiger partial charge is 0.122 e. The van der Waals surface area contributed by atoms with Crippen LogP contribution in [0.3, 0.4) is 0 Å². The van der Waals surface area contributed by atoms with Crippen LogP contribution in [-0.2, 0) is 0 Å². The number of anilines is 1. The van der Waals surface area contributed by atoms with E-state index >= 15 is 0 Å². The van der Waals surface area contributed by atoms with E-state index in [0.717, 1.165) is 30.6 Å². The van der Waals surface area contributed by atoms with E-state index in [0.29, 0.717) is 6.54 Å². The summed E-state index contributed by atoms with van der Waals surface area (Å²) in [5.74, 6) is 0.0882. The first kappa shape index (κ1) is 11.0. The zero-order chi connectivity index (χ0) is 11.5. The monoisotopic (exact) mass is 219 g/mol. The largest absolute Gasteiger partial charge is 0.391 e. The molecule has 1 heterocycles. The van der Waals surface area contributed by atoms with Crippen LogP contribution in [0.25, 0.3) is 0 Å². The Morgan fingerprint density at radius 2 is 2.06 bits per heavy atom. The maximum Gasteiger partial charge on any atom is 0.122 e. The number of rotatable bonds is 2. The third kappa shape index (κ3) is 2.33. The van der Waals surface area contributed by atoms with Crippen molar-refractivity contribution in [3.63, 3.8) is 0 Å². The van der Waals surface area contributed by atoms with Crippen LogP contribution < -0.4 is 10.6 Å². The molecule has 1 unspecified atom stereocenters. The van der Waals surface area contributed by atoms with Crippen molar-refractivity contribution in [1.82, 2.24) is 0 Å². The highest BCUT2D eigenvalue weighted by atomic mass is 16.3. The summed E-state index contributed by atoms with van der Waals surface area (Å²) in [4.78, 5) is 2.16. The van der Waals surface area contributed by atoms with E-state index in [2.05, 4.69) is 4.90 Å². The Kier molecular flexibility index (Phi) is 3.10. The summed E-state index contributed by atoms with van der Waals surface area (Å²) in [6, 6.07) is 7.60. The lowest BCUT2D eigenvalue weighted by atomic mass is 10.1. The number of piperidine rings is 1. The Hall–Kier alpha value is -1.55. The zero-order valence-electron chi connectivity index (χ0n) is 9.19. The maximum atomic E-state index is 9.59. The number of amidine groups is 1. The Bertz CT molecular complexity index is 374. The lowest BCUT2D eigenvalue weighted by molar-refractivity contribution is 0.154. The molecule has 1 atom stereocenters. The fourth-order valence-electron chi connectivity index (χ4n) is 2.04. The van der Waals surface area contributed by atoms with Gasteiger partial charge in [0.05, 0.1) is 6.10 Å². The van der Waals surface area contributed by atoms with Crippen molar-refractivity contribution >= 4 is 11.5 Å². The van der Waals surface area contributed by atoms with Gasteiger partial charge in [0.25, 0.3) is 0 Å². The van der Waals surface area contributed by atoms with Crippen molar-refractivity contribution in [2.24, 2.45) is 5.73 Å². The summed E-state index contributed by atoms with van der Waals surface area (Å²) < 4.78 is 0. The van der Waals surface area contributed by atoms with Gasteiger partial charge in [-0.2, -0.15) is 0 Å². The predicted molar refractivity (Wildman–Crippen MR) is 64.9 cm³/mol. The van der Waals surface area contributed by atoms with Gasteiger partial charge >= 0.3 is 0 Å². The number of benzene rings is 1. The molecule has 0 spiro atoms. The second-order valence-electron chi connectivity index (χ2n) is 4.20. The first-order valence-corrected chi connectivity index (χ1v) is 5.54. The first-order chi connectivity index (χ1) is 7.66. The zero-order valence-corrected chi connectivity index (χ0v) is 9.19. The van der Waals surface area contributed by atoms with Crippen molar-refractivity contribution in [1.29, 1.82) is 5.41 Å². The molecule has 1 aliphatic rings. The predicted octanol–water partition coefficient (Wildman–Crippen LogP) is 0.932. The number of nitrogens with one attached hydrogen (secondary N) is 1. The molecule has 0 bridgehead atoms. The van der Waals surface area contributed by atoms with E-state index in [1.54, 1.807) is 0 Å². The number of aliphatic hydroxyl groups excluding tert-OH is 1. The molecule has 16 heavy (non-hydrogen) atoms. The highest BCUT2D eigenvalue weighted by Gasteiger charge is 2.17. The Morgan fingerprint density at radius 3 is 2.62 bits per heavy atom. The molecular weight excluding hydrogens is 202 g/mol. The van der Waals surface area contributed by atoms with Crippen LogP contribution in [0, 0.1) is 5.41 Å². The number of β-amino-alcohol motifs (C(OH)–C–C–N with tert-alkyl or cyclic N) is 1. The van der Waals surface area contributed by atoms with E-state index in [4.69, 9.17) is 11.1 Å². The molecule has 86 valence electrons. The average molecular weight is 219 g/mol. The van der Waals surface area contributed by atoms with Crippen LogP contribution in [0.15, 0.2) is 24.3 Å². The molecule has 2 rings (SSSR count). The van der Waals surface area contributed by atoms with Gasteiger partial charge in [-0.05, 0) is 37.1 Å². The third-order valence-corrected chi connectivity index (χ3v) is 2.94. The number of aliphatic hydroxyl groups is 1. The highest BCUT2D eigenvalue weighted by molar-refractivity contribution is 5.95. The van der Waals surface area contributed by atoms with Crippen molar-refractivity contribution in [3.05, 3.63) is 29.8 Å². The molecule has 1 aliphatic heterocycles. The third-order valence-electron chi connectivity index (χ3n) is 2.94. The van der Waals surface area contributed by atoms with Crippen LogP contribution >= 0.6 is 0 Å². The number of nitrogen functional groups attached to an aromatic ring is 1. The molecule has 1 aromatic rings. The summed E-state index contributed by atoms with van der Waals surface area (Å²) in [5.41, 5.74) is 7.22. The standard InChI is InChI=1S/C12H17N3O/c13-12(14)9-3-5-10(6-4-9)15-7-1-2-11(16)8-15/h3-6,11,16H,1-2,7-8H2,(H3,13,14). The van der Waals surface area contributed by atoms with Gasteiger partial charge in [-0.3, -0.25) is 5.41 Å². The minimum absolute atomic E-state index is 0.0882. The SMILES string of the molecule is N=C(N)c1ccc(N2CCCC(O)C2)cc1. The van der Waals surface area contributed by atoms with Gasteiger partial charge in [-0.1, -0.05) is 0 Å². The molecule has 0 radical (unpaired) electrons. The van der Waals surface area contributed by atoms with Gasteiger partial charge in [0.1, 0.15) is 5.84 Å². The van der Waals surface area contributed by atoms with E-state index in [-0.39, 0.29) is 11.9 Å². The molecule has 1 saturated heterocycles. The summed E-state index contributed by atoms with van der Waals surface area (Å²) in [6.45, 7) is 1.68. The Balaban J connectivity index is 2.11. The normalized spacial score (nSPS) is 20.8. The quantitative estimate of drug-likeness (QED) is 0.512. The molecule has 1 aromatic carbocycles. The van der Waals surface area contributed by atoms with Gasteiger partial charge in [0, 0.05) is 24.3 Å². The Labute approximate surface area is 95.2 Å². The maximum absolute atomic E-state index is 9.59. The molecule has 4 N–H and O–H groups in total. The molecular formula is C12H17N3O. The molecule has 4 nitrogen and oxygen atoms in total. The molecule has 0 aromatic heterocycles. The minimum Gasteiger partial charge on any atom is -0.391 e. The number of hydrogen-bond acceptors (Lipinski definition) is 3. The van der Waals surface area contributed by atoms with Crippen molar-refractivity contribution in [2.75, 3.05) is 18.0 Å². The number of hydrogen-bond donors (Lipinski definition) is 3. The van der Waals surface area contributed by atoms with Crippen LogP contribution in [-0.4, -0.2) is 30.1 Å². The highest BCUT2D eigenvalue weighted by Crippen LogP contribution is 2.20. The molecule has 4 heteroatoms. The van der Waals surface area contributed by atoms with Crippen molar-refractivity contribution < 1.29 is 5.11 Å². The van der Waals surface area contributed by atoms with E-state index < -0.39 is 0 Å². The minimum atomic E-state index is -0.221. The lowest BCUT2D eigenvalue weighted by Crippen LogP contribution is -2.38. The number of nitrogens with two attached hydrogens (primary N) is 1. The first-order valence-electron chi connectivity index (χ1n) is 5.54. The average Bonchev–Trinajstić information content (AvgIpc) is 2.29. The van der Waals surface area contributed by atoms with Gasteiger partial charge in [0.15, 0.2) is 0 Å². The summed E-state index contributed by atoms with van der Waals surface area (Å²) in [6.07, 6.45) is 1.69. The second-order valence-corrected chi connectivity index (χ2v) is 4.20. The number of nitrogens with zero attached hydrogens (tertiary/aromatic N) is 1. The van der Waals surface area contributed by atoms with Gasteiger partial charge in [-0.15, -0.1) is 0 Å². The molecule has 0 aliphatic carbocycles. The van der Waals surface area contributed by atoms with Gasteiger partial charge < -0.3 is 15.7 Å². The van der Waals surface area contributed by atoms with Gasteiger partial charge in [0.2, 0.25) is 0 Å². The summed E-state index contributed by atoms with van der Waals surface area (Å²) in [5, 5.41) is 16.9. The molecule has 1 fully saturated rings. The van der Waals surface area contributed by atoms with Crippen molar-refractivity contribution in [2.45, 2.75) is 18.9 Å². The van der Waals surface area contributed by atoms with Crippen LogP contribution in [0.2, 0.25) is 0 Å². The van der Waals surface area contributed by atoms with Crippen LogP contribution in [0.5, 0.6) is 0 Å². The molecule has 0 saturated carbocycles. The van der Waals surface area contributed by atoms with Crippen molar-refractivity contribution in [3.8, 4) is 0 Å². The van der Waals surface area contributed by atoms with E-state index in [9.17, 15) is 5.11 Å². The molecule has 0 amide bonds. The van der Waals surface area contributed by atoms with Gasteiger partial charge in [-0.25, -0.2) is 0 Å². The van der Waals surface area contributed by atoms with E-state index in [1.165, 1.54) is 0 Å². The van der Waals surface area contributed by atoms with Crippen LogP contribution in [0.4, 0.5) is 5.69 Å². The lowest BCUT2D eigenvalue weighted by Gasteiger charge is -2.32. The van der Waals surface area contributed by atoms with Crippen LogP contribution in [0.1, 0.15) is 18.4 Å². The topological polar surface area (TPSA) is 73.3 Å². The Morgan fingerprint density at radius 1 is 1.38 bits per heavy atom. The fourth-order valence-corrected chi connectivity index (χ4v) is 2.04. The summed E-state index contributed by atoms with van der Waals surface area (Å²) >= 11 is 0. The second kappa shape index (κ2) is 4.53. The fraction of sp³-hybridized carbons (Fsp3) is 0.417. The van der Waals surface area contributed by atoms with E-state index in [1.807, 2.05) is 24.3 Å².